The third-order valence-corrected chi connectivity index (χ3v) is 5.89. The Morgan fingerprint density at radius 1 is 1.25 bits per heavy atom. The molecule has 1 unspecified atom stereocenters. The van der Waals surface area contributed by atoms with Gasteiger partial charge < -0.3 is 25.0 Å². The number of guanidine groups is 1. The van der Waals surface area contributed by atoms with E-state index in [0.717, 1.165) is 55.0 Å². The van der Waals surface area contributed by atoms with Crippen molar-refractivity contribution >= 4 is 17.6 Å². The second-order valence-electron chi connectivity index (χ2n) is 8.27. The Kier molecular flexibility index (Phi) is 7.27. The van der Waals surface area contributed by atoms with E-state index in [1.807, 2.05) is 23.1 Å². The quantitative estimate of drug-likeness (QED) is 0.538. The van der Waals surface area contributed by atoms with Crippen LogP contribution in [0.4, 0.5) is 5.69 Å². The molecular formula is C25H32N4O3. The first-order chi connectivity index (χ1) is 15.6. The highest BCUT2D eigenvalue weighted by atomic mass is 16.5. The van der Waals surface area contributed by atoms with Crippen LogP contribution in [0.15, 0.2) is 47.5 Å². The van der Waals surface area contributed by atoms with E-state index in [0.29, 0.717) is 19.1 Å². The van der Waals surface area contributed by atoms with Crippen LogP contribution >= 0.6 is 0 Å². The zero-order valence-corrected chi connectivity index (χ0v) is 18.9. The Balaban J connectivity index is 1.33. The van der Waals surface area contributed by atoms with Crippen molar-refractivity contribution < 1.29 is 14.3 Å². The van der Waals surface area contributed by atoms with Crippen LogP contribution in [0.1, 0.15) is 29.5 Å². The summed E-state index contributed by atoms with van der Waals surface area (Å²) in [5.41, 5.74) is 4.44. The summed E-state index contributed by atoms with van der Waals surface area (Å²) in [6.07, 6.45) is 3.01. The summed E-state index contributed by atoms with van der Waals surface area (Å²) < 4.78 is 11.6. The van der Waals surface area contributed by atoms with Gasteiger partial charge in [0.15, 0.2) is 5.96 Å². The Labute approximate surface area is 189 Å². The predicted molar refractivity (Wildman–Crippen MR) is 126 cm³/mol. The molecule has 170 valence electrons. The van der Waals surface area contributed by atoms with Gasteiger partial charge in [0.1, 0.15) is 11.9 Å². The number of rotatable bonds is 6. The lowest BCUT2D eigenvalue weighted by atomic mass is 10.0. The fourth-order valence-electron chi connectivity index (χ4n) is 4.15. The third kappa shape index (κ3) is 5.40. The highest BCUT2D eigenvalue weighted by molar-refractivity contribution is 5.98. The van der Waals surface area contributed by atoms with Crippen LogP contribution in [0.25, 0.3) is 0 Å². The standard InChI is InChI=1S/C25H32N4O3/c1-18-9-10-20(23(14-18)32-21-11-13-31-17-21)15-27-25(26-2)28-16-24(30)29-12-5-7-19-6-3-4-8-22(19)29/h3-4,6,8-10,14,21H,5,7,11-13,15-17H2,1-2H3,(H2,26,27,28). The lowest BCUT2D eigenvalue weighted by Crippen LogP contribution is -2.45. The maximum absolute atomic E-state index is 12.9. The smallest absolute Gasteiger partial charge is 0.246 e. The number of anilines is 1. The fourth-order valence-corrected chi connectivity index (χ4v) is 4.15. The van der Waals surface area contributed by atoms with Gasteiger partial charge in [-0.05, 0) is 43.0 Å². The van der Waals surface area contributed by atoms with Gasteiger partial charge in [0.05, 0.1) is 19.8 Å². The van der Waals surface area contributed by atoms with E-state index in [2.05, 4.69) is 46.8 Å². The summed E-state index contributed by atoms with van der Waals surface area (Å²) in [7, 11) is 1.71. The zero-order chi connectivity index (χ0) is 22.3. The average Bonchev–Trinajstić information content (AvgIpc) is 3.33. The summed E-state index contributed by atoms with van der Waals surface area (Å²) in [6, 6.07) is 14.3. The normalized spacial score (nSPS) is 18.2. The first-order valence-electron chi connectivity index (χ1n) is 11.3. The molecule has 1 saturated heterocycles. The molecule has 0 bridgehead atoms. The number of aryl methyl sites for hydroxylation is 2. The number of para-hydroxylation sites is 1. The number of hydrogen-bond acceptors (Lipinski definition) is 4. The molecule has 1 fully saturated rings. The number of nitrogens with zero attached hydrogens (tertiary/aromatic N) is 2. The molecule has 7 heteroatoms. The van der Waals surface area contributed by atoms with Crippen molar-refractivity contribution in [2.45, 2.75) is 38.8 Å². The lowest BCUT2D eigenvalue weighted by molar-refractivity contribution is -0.117. The molecule has 1 amide bonds. The Bertz CT molecular complexity index is 969. The molecule has 2 aromatic carbocycles. The van der Waals surface area contributed by atoms with Crippen LogP contribution in [0.2, 0.25) is 0 Å². The van der Waals surface area contributed by atoms with Gasteiger partial charge in [-0.1, -0.05) is 30.3 Å². The van der Waals surface area contributed by atoms with E-state index in [1.54, 1.807) is 7.05 Å². The molecule has 0 aromatic heterocycles. The van der Waals surface area contributed by atoms with Gasteiger partial charge in [-0.25, -0.2) is 0 Å². The summed E-state index contributed by atoms with van der Waals surface area (Å²) in [4.78, 5) is 19.0. The number of carbonyl (C=O) groups excluding carboxylic acids is 1. The maximum atomic E-state index is 12.9. The summed E-state index contributed by atoms with van der Waals surface area (Å²) >= 11 is 0. The molecule has 32 heavy (non-hydrogen) atoms. The molecule has 4 rings (SSSR count). The van der Waals surface area contributed by atoms with E-state index in [4.69, 9.17) is 9.47 Å². The number of hydrogen-bond donors (Lipinski definition) is 2. The predicted octanol–water partition coefficient (Wildman–Crippen LogP) is 2.81. The minimum atomic E-state index is 0.0423. The van der Waals surface area contributed by atoms with Gasteiger partial charge in [-0.2, -0.15) is 0 Å². The van der Waals surface area contributed by atoms with Crippen LogP contribution in [0, 0.1) is 6.92 Å². The van der Waals surface area contributed by atoms with Gasteiger partial charge in [0.2, 0.25) is 5.91 Å². The van der Waals surface area contributed by atoms with E-state index in [9.17, 15) is 4.79 Å². The van der Waals surface area contributed by atoms with Crippen LogP contribution in [-0.2, 0) is 22.5 Å². The second kappa shape index (κ2) is 10.5. The number of amides is 1. The SMILES string of the molecule is CN=C(NCC(=O)N1CCCc2ccccc21)NCc1ccc(C)cc1OC1CCOC1. The van der Waals surface area contributed by atoms with Gasteiger partial charge in [-0.3, -0.25) is 9.79 Å². The van der Waals surface area contributed by atoms with Crippen LogP contribution in [-0.4, -0.2) is 51.3 Å². The van der Waals surface area contributed by atoms with Crippen molar-refractivity contribution in [1.29, 1.82) is 0 Å². The van der Waals surface area contributed by atoms with Crippen molar-refractivity contribution in [3.05, 3.63) is 59.2 Å². The van der Waals surface area contributed by atoms with Gasteiger partial charge in [0, 0.05) is 37.8 Å². The molecule has 2 aromatic rings. The van der Waals surface area contributed by atoms with Crippen molar-refractivity contribution in [1.82, 2.24) is 10.6 Å². The summed E-state index contributed by atoms with van der Waals surface area (Å²) in [5, 5.41) is 6.46. The molecule has 0 aliphatic carbocycles. The van der Waals surface area contributed by atoms with Crippen LogP contribution in [0.3, 0.4) is 0 Å². The van der Waals surface area contributed by atoms with Crippen molar-refractivity contribution in [3.8, 4) is 5.75 Å². The van der Waals surface area contributed by atoms with E-state index < -0.39 is 0 Å². The number of ether oxygens (including phenoxy) is 2. The zero-order valence-electron chi connectivity index (χ0n) is 18.9. The number of nitrogens with one attached hydrogen (secondary N) is 2. The van der Waals surface area contributed by atoms with Crippen molar-refractivity contribution in [3.63, 3.8) is 0 Å². The monoisotopic (exact) mass is 436 g/mol. The molecular weight excluding hydrogens is 404 g/mol. The van der Waals surface area contributed by atoms with Crippen LogP contribution in [0.5, 0.6) is 5.75 Å². The highest BCUT2D eigenvalue weighted by Gasteiger charge is 2.22. The molecule has 2 heterocycles. The molecule has 0 radical (unpaired) electrons. The minimum Gasteiger partial charge on any atom is -0.488 e. The number of carbonyl (C=O) groups is 1. The Morgan fingerprint density at radius 2 is 2.12 bits per heavy atom. The summed E-state index contributed by atoms with van der Waals surface area (Å²) in [6.45, 7) is 4.91. The Morgan fingerprint density at radius 3 is 2.94 bits per heavy atom. The molecule has 2 aliphatic heterocycles. The first-order valence-corrected chi connectivity index (χ1v) is 11.3. The maximum Gasteiger partial charge on any atom is 0.246 e. The molecule has 2 N–H and O–H groups in total. The van der Waals surface area contributed by atoms with Gasteiger partial charge in [0.25, 0.3) is 0 Å². The van der Waals surface area contributed by atoms with E-state index in [1.165, 1.54) is 5.56 Å². The molecule has 2 aliphatic rings. The average molecular weight is 437 g/mol. The van der Waals surface area contributed by atoms with Crippen molar-refractivity contribution in [2.24, 2.45) is 4.99 Å². The number of aliphatic imine (C=N–C) groups is 1. The minimum absolute atomic E-state index is 0.0423. The molecule has 0 saturated carbocycles. The van der Waals surface area contributed by atoms with E-state index in [-0.39, 0.29) is 18.6 Å². The highest BCUT2D eigenvalue weighted by Crippen LogP contribution is 2.26. The first kappa shape index (κ1) is 22.1. The van der Waals surface area contributed by atoms with Crippen LogP contribution < -0.4 is 20.3 Å². The topological polar surface area (TPSA) is 75.2 Å². The largest absolute Gasteiger partial charge is 0.488 e. The summed E-state index contributed by atoms with van der Waals surface area (Å²) in [5.74, 6) is 1.49. The fraction of sp³-hybridized carbons (Fsp3) is 0.440. The molecule has 0 spiro atoms. The van der Waals surface area contributed by atoms with Gasteiger partial charge >= 0.3 is 0 Å². The second-order valence-corrected chi connectivity index (χ2v) is 8.27. The van der Waals surface area contributed by atoms with Gasteiger partial charge in [-0.15, -0.1) is 0 Å². The third-order valence-electron chi connectivity index (χ3n) is 5.89. The lowest BCUT2D eigenvalue weighted by Gasteiger charge is -2.29. The van der Waals surface area contributed by atoms with E-state index >= 15 is 0 Å². The number of fused-ring (bicyclic) bond motifs is 1. The van der Waals surface area contributed by atoms with Crippen molar-refractivity contribution in [2.75, 3.05) is 38.3 Å². The Hall–Kier alpha value is -3.06. The number of benzene rings is 2. The molecule has 7 nitrogen and oxygen atoms in total. The molecule has 1 atom stereocenters.